The third-order valence-corrected chi connectivity index (χ3v) is 1.99. The van der Waals surface area contributed by atoms with E-state index in [4.69, 9.17) is 4.74 Å². The van der Waals surface area contributed by atoms with Gasteiger partial charge in [-0.1, -0.05) is 22.5 Å². The number of rotatable bonds is 4. The van der Waals surface area contributed by atoms with Crippen molar-refractivity contribution in [3.05, 3.63) is 11.1 Å². The van der Waals surface area contributed by atoms with Crippen molar-refractivity contribution in [3.63, 3.8) is 0 Å². The van der Waals surface area contributed by atoms with Crippen LogP contribution in [0.25, 0.3) is 0 Å². The molecule has 0 aromatic carbocycles. The van der Waals surface area contributed by atoms with E-state index in [0.29, 0.717) is 6.10 Å². The fourth-order valence-electron chi connectivity index (χ4n) is 1.17. The Morgan fingerprint density at radius 2 is 2.55 bits per heavy atom. The van der Waals surface area contributed by atoms with Gasteiger partial charge in [0.15, 0.2) is 0 Å². The minimum Gasteiger partial charge on any atom is -0.377 e. The molecule has 2 nitrogen and oxygen atoms in total. The first-order chi connectivity index (χ1) is 5.29. The molecule has 64 valence electrons. The molecule has 1 saturated heterocycles. The fraction of sp³-hybridized carbons (Fsp3) is 0.750. The predicted octanol–water partition coefficient (Wildman–Crippen LogP) is 1.66. The third kappa shape index (κ3) is 3.89. The second-order valence-electron chi connectivity index (χ2n) is 2.78. The summed E-state index contributed by atoms with van der Waals surface area (Å²) in [5.74, 6) is 0. The van der Waals surface area contributed by atoms with Crippen LogP contribution < -0.4 is 5.32 Å². The molecule has 11 heavy (non-hydrogen) atoms. The van der Waals surface area contributed by atoms with E-state index in [1.54, 1.807) is 0 Å². The Bertz CT molecular complexity index is 132. The number of nitrogens with one attached hydrogen (secondary N) is 1. The van der Waals surface area contributed by atoms with E-state index in [1.165, 1.54) is 12.8 Å². The first kappa shape index (κ1) is 9.23. The van der Waals surface area contributed by atoms with Crippen LogP contribution in [0.15, 0.2) is 11.1 Å². The Balaban J connectivity index is 1.98. The van der Waals surface area contributed by atoms with Crippen LogP contribution >= 0.6 is 15.9 Å². The molecule has 0 aliphatic carbocycles. The molecule has 1 fully saturated rings. The van der Waals surface area contributed by atoms with E-state index in [2.05, 4.69) is 27.8 Å². The van der Waals surface area contributed by atoms with Gasteiger partial charge >= 0.3 is 0 Å². The molecule has 0 bridgehead atoms. The smallest absolute Gasteiger partial charge is 0.0700 e. The van der Waals surface area contributed by atoms with Crippen LogP contribution in [-0.2, 0) is 4.74 Å². The van der Waals surface area contributed by atoms with Crippen molar-refractivity contribution in [2.45, 2.75) is 18.9 Å². The lowest BCUT2D eigenvalue weighted by Gasteiger charge is -2.09. The molecule has 0 amide bonds. The molecule has 0 aromatic rings. The second-order valence-corrected chi connectivity index (χ2v) is 3.90. The van der Waals surface area contributed by atoms with Crippen molar-refractivity contribution in [2.75, 3.05) is 19.7 Å². The Morgan fingerprint density at radius 1 is 1.73 bits per heavy atom. The van der Waals surface area contributed by atoms with E-state index in [1.807, 2.05) is 0 Å². The SMILES string of the molecule is C=C(Br)CNCC1CCCO1. The molecular weight excluding hydrogens is 206 g/mol. The molecule has 1 N–H and O–H groups in total. The zero-order valence-corrected chi connectivity index (χ0v) is 8.19. The first-order valence-electron chi connectivity index (χ1n) is 3.94. The van der Waals surface area contributed by atoms with Crippen LogP contribution in [0.4, 0.5) is 0 Å². The lowest BCUT2D eigenvalue weighted by Crippen LogP contribution is -2.26. The van der Waals surface area contributed by atoms with Gasteiger partial charge in [-0.3, -0.25) is 0 Å². The molecule has 1 aliphatic rings. The van der Waals surface area contributed by atoms with Gasteiger partial charge in [0.25, 0.3) is 0 Å². The van der Waals surface area contributed by atoms with Crippen LogP contribution in [0.2, 0.25) is 0 Å². The van der Waals surface area contributed by atoms with E-state index < -0.39 is 0 Å². The Morgan fingerprint density at radius 3 is 3.09 bits per heavy atom. The van der Waals surface area contributed by atoms with Gasteiger partial charge in [-0.25, -0.2) is 0 Å². The summed E-state index contributed by atoms with van der Waals surface area (Å²) in [6, 6.07) is 0. The van der Waals surface area contributed by atoms with Crippen LogP contribution in [0, 0.1) is 0 Å². The minimum atomic E-state index is 0.432. The molecule has 1 rings (SSSR count). The normalized spacial score (nSPS) is 23.9. The average Bonchev–Trinajstić information content (AvgIpc) is 2.39. The van der Waals surface area contributed by atoms with Gasteiger partial charge in [0.05, 0.1) is 6.10 Å². The molecule has 0 saturated carbocycles. The summed E-state index contributed by atoms with van der Waals surface area (Å²) < 4.78 is 6.42. The summed E-state index contributed by atoms with van der Waals surface area (Å²) in [6.45, 7) is 6.45. The van der Waals surface area contributed by atoms with Crippen molar-refractivity contribution < 1.29 is 4.74 Å². The zero-order valence-electron chi connectivity index (χ0n) is 6.61. The highest BCUT2D eigenvalue weighted by Crippen LogP contribution is 2.10. The van der Waals surface area contributed by atoms with Crippen LogP contribution in [0.1, 0.15) is 12.8 Å². The largest absolute Gasteiger partial charge is 0.377 e. The molecule has 3 heteroatoms. The van der Waals surface area contributed by atoms with Crippen molar-refractivity contribution in [1.29, 1.82) is 0 Å². The van der Waals surface area contributed by atoms with Crippen LogP contribution in [0.3, 0.4) is 0 Å². The zero-order chi connectivity index (χ0) is 8.10. The lowest BCUT2D eigenvalue weighted by molar-refractivity contribution is 0.111. The highest BCUT2D eigenvalue weighted by atomic mass is 79.9. The van der Waals surface area contributed by atoms with Gasteiger partial charge in [-0.05, 0) is 12.8 Å². The van der Waals surface area contributed by atoms with E-state index in [-0.39, 0.29) is 0 Å². The van der Waals surface area contributed by atoms with E-state index in [0.717, 1.165) is 24.2 Å². The Kier molecular flexibility index (Phi) is 4.12. The number of halogens is 1. The topological polar surface area (TPSA) is 21.3 Å². The quantitative estimate of drug-likeness (QED) is 0.777. The molecule has 1 atom stereocenters. The predicted molar refractivity (Wildman–Crippen MR) is 49.9 cm³/mol. The molecule has 1 heterocycles. The maximum absolute atomic E-state index is 5.43. The van der Waals surface area contributed by atoms with Gasteiger partial charge < -0.3 is 10.1 Å². The Hall–Kier alpha value is 0.140. The molecule has 0 spiro atoms. The van der Waals surface area contributed by atoms with Gasteiger partial charge in [0, 0.05) is 24.2 Å². The molecule has 0 radical (unpaired) electrons. The Labute approximate surface area is 76.1 Å². The van der Waals surface area contributed by atoms with Crippen molar-refractivity contribution in [3.8, 4) is 0 Å². The van der Waals surface area contributed by atoms with Crippen LogP contribution in [0.5, 0.6) is 0 Å². The van der Waals surface area contributed by atoms with E-state index >= 15 is 0 Å². The van der Waals surface area contributed by atoms with Crippen LogP contribution in [-0.4, -0.2) is 25.8 Å². The summed E-state index contributed by atoms with van der Waals surface area (Å²) in [5, 5.41) is 3.26. The summed E-state index contributed by atoms with van der Waals surface area (Å²) in [5.41, 5.74) is 0. The molecule has 1 unspecified atom stereocenters. The van der Waals surface area contributed by atoms with Gasteiger partial charge in [0.2, 0.25) is 0 Å². The fourth-order valence-corrected chi connectivity index (χ4v) is 1.37. The van der Waals surface area contributed by atoms with Gasteiger partial charge in [0.1, 0.15) is 0 Å². The summed E-state index contributed by atoms with van der Waals surface area (Å²) in [4.78, 5) is 0. The number of ether oxygens (including phenoxy) is 1. The summed E-state index contributed by atoms with van der Waals surface area (Å²) in [6.07, 6.45) is 2.84. The molecule has 0 aromatic heterocycles. The lowest BCUT2D eigenvalue weighted by atomic mass is 10.2. The summed E-state index contributed by atoms with van der Waals surface area (Å²) >= 11 is 3.29. The van der Waals surface area contributed by atoms with E-state index in [9.17, 15) is 0 Å². The molecular formula is C8H14BrNO. The maximum atomic E-state index is 5.43. The number of hydrogen-bond donors (Lipinski definition) is 1. The highest BCUT2D eigenvalue weighted by Gasteiger charge is 2.13. The highest BCUT2D eigenvalue weighted by molar-refractivity contribution is 9.11. The standard InChI is InChI=1S/C8H14BrNO/c1-7(9)5-10-6-8-3-2-4-11-8/h8,10H,1-6H2. The minimum absolute atomic E-state index is 0.432. The van der Waals surface area contributed by atoms with Gasteiger partial charge in [-0.15, -0.1) is 0 Å². The average molecular weight is 220 g/mol. The second kappa shape index (κ2) is 4.91. The number of hydrogen-bond acceptors (Lipinski definition) is 2. The molecule has 1 aliphatic heterocycles. The van der Waals surface area contributed by atoms with Crippen molar-refractivity contribution in [1.82, 2.24) is 5.32 Å². The van der Waals surface area contributed by atoms with Crippen molar-refractivity contribution >= 4 is 15.9 Å². The van der Waals surface area contributed by atoms with Gasteiger partial charge in [-0.2, -0.15) is 0 Å². The maximum Gasteiger partial charge on any atom is 0.0700 e. The summed E-state index contributed by atoms with van der Waals surface area (Å²) in [7, 11) is 0. The monoisotopic (exact) mass is 219 g/mol. The third-order valence-electron chi connectivity index (χ3n) is 1.71. The van der Waals surface area contributed by atoms with Crippen molar-refractivity contribution in [2.24, 2.45) is 0 Å². The first-order valence-corrected chi connectivity index (χ1v) is 4.74.